The molecule has 27 heavy (non-hydrogen) atoms. The number of rotatable bonds is 6. The zero-order chi connectivity index (χ0) is 19.4. The molecule has 0 radical (unpaired) electrons. The van der Waals surface area contributed by atoms with Crippen LogP contribution >= 0.6 is 11.3 Å². The third-order valence-electron chi connectivity index (χ3n) is 4.05. The first-order chi connectivity index (χ1) is 12.9. The minimum absolute atomic E-state index is 0.0678. The number of anilines is 1. The van der Waals surface area contributed by atoms with Gasteiger partial charge in [0.2, 0.25) is 0 Å². The molecule has 3 N–H and O–H groups in total. The number of ketones is 1. The molecule has 3 rings (SSSR count). The van der Waals surface area contributed by atoms with Gasteiger partial charge >= 0.3 is 0 Å². The number of nitrogens with two attached hydrogens (primary N) is 1. The molecule has 0 fully saturated rings. The maximum atomic E-state index is 12.5. The number of hydrogen-bond acceptors (Lipinski definition) is 4. The third-order valence-corrected chi connectivity index (χ3v) is 5.10. The van der Waals surface area contributed by atoms with E-state index in [2.05, 4.69) is 5.32 Å². The summed E-state index contributed by atoms with van der Waals surface area (Å²) < 4.78 is 0. The Morgan fingerprint density at radius 3 is 2.19 bits per heavy atom. The number of Topliss-reactive ketones (excluding diaryl/α,β-unsaturated/α-hetero) is 1. The summed E-state index contributed by atoms with van der Waals surface area (Å²) in [5.74, 6) is -1.02. The molecular weight excluding hydrogens is 360 g/mol. The van der Waals surface area contributed by atoms with Crippen LogP contribution in [-0.2, 0) is 6.42 Å². The number of nitrogens with one attached hydrogen (secondary N) is 1. The van der Waals surface area contributed by atoms with Gasteiger partial charge in [0.05, 0.1) is 5.56 Å². The Bertz CT molecular complexity index is 992. The van der Waals surface area contributed by atoms with Crippen LogP contribution in [0.15, 0.2) is 60.7 Å². The molecule has 136 valence electrons. The summed E-state index contributed by atoms with van der Waals surface area (Å²) in [6, 6.07) is 17.9. The fourth-order valence-corrected chi connectivity index (χ4v) is 3.72. The van der Waals surface area contributed by atoms with Crippen LogP contribution in [0.4, 0.5) is 5.00 Å². The minimum atomic E-state index is -0.590. The largest absolute Gasteiger partial charge is 0.366 e. The molecule has 5 nitrogen and oxygen atoms in total. The highest BCUT2D eigenvalue weighted by atomic mass is 32.1. The molecule has 1 heterocycles. The number of amides is 2. The zero-order valence-corrected chi connectivity index (χ0v) is 15.5. The second-order valence-corrected chi connectivity index (χ2v) is 7.21. The monoisotopic (exact) mass is 378 g/mol. The number of benzene rings is 2. The van der Waals surface area contributed by atoms with Crippen molar-refractivity contribution >= 4 is 33.9 Å². The van der Waals surface area contributed by atoms with E-state index in [9.17, 15) is 14.4 Å². The summed E-state index contributed by atoms with van der Waals surface area (Å²) in [6.45, 7) is 1.47. The van der Waals surface area contributed by atoms with Gasteiger partial charge in [-0.3, -0.25) is 14.4 Å². The molecule has 0 spiro atoms. The van der Waals surface area contributed by atoms with E-state index in [0.29, 0.717) is 28.1 Å². The Balaban J connectivity index is 1.81. The highest BCUT2D eigenvalue weighted by Crippen LogP contribution is 2.30. The standard InChI is InChI=1S/C21H18N2O3S/c1-13(24)15-7-9-16(10-8-15)20(26)23-21-18(19(22)25)12-17(27-21)11-14-5-3-2-4-6-14/h2-10,12H,11H2,1H3,(H2,22,25)(H,23,26). The van der Waals surface area contributed by atoms with Gasteiger partial charge in [-0.2, -0.15) is 0 Å². The van der Waals surface area contributed by atoms with E-state index in [1.807, 2.05) is 30.3 Å². The summed E-state index contributed by atoms with van der Waals surface area (Å²) in [5.41, 5.74) is 7.79. The molecule has 2 amide bonds. The van der Waals surface area contributed by atoms with Gasteiger partial charge in [-0.25, -0.2) is 0 Å². The lowest BCUT2D eigenvalue weighted by molar-refractivity contribution is 0.0996. The molecule has 0 aliphatic rings. The van der Waals surface area contributed by atoms with E-state index in [-0.39, 0.29) is 11.7 Å². The van der Waals surface area contributed by atoms with Gasteiger partial charge < -0.3 is 11.1 Å². The van der Waals surface area contributed by atoms with Crippen molar-refractivity contribution < 1.29 is 14.4 Å². The highest BCUT2D eigenvalue weighted by molar-refractivity contribution is 7.16. The molecule has 0 atom stereocenters. The molecular formula is C21H18N2O3S. The fourth-order valence-electron chi connectivity index (χ4n) is 2.63. The van der Waals surface area contributed by atoms with Crippen molar-refractivity contribution in [2.75, 3.05) is 5.32 Å². The maximum Gasteiger partial charge on any atom is 0.256 e. The van der Waals surface area contributed by atoms with Crippen LogP contribution in [0.3, 0.4) is 0 Å². The summed E-state index contributed by atoms with van der Waals surface area (Å²) in [5, 5.41) is 3.18. The maximum absolute atomic E-state index is 12.5. The first-order valence-electron chi connectivity index (χ1n) is 8.33. The van der Waals surface area contributed by atoms with Crippen molar-refractivity contribution in [3.63, 3.8) is 0 Å². The summed E-state index contributed by atoms with van der Waals surface area (Å²) in [6.07, 6.45) is 0.648. The number of thiophene rings is 1. The van der Waals surface area contributed by atoms with Crippen molar-refractivity contribution in [2.45, 2.75) is 13.3 Å². The third kappa shape index (κ3) is 4.48. The average Bonchev–Trinajstić information content (AvgIpc) is 3.05. The van der Waals surface area contributed by atoms with E-state index in [4.69, 9.17) is 5.73 Å². The Morgan fingerprint density at radius 2 is 1.59 bits per heavy atom. The van der Waals surface area contributed by atoms with Crippen LogP contribution < -0.4 is 11.1 Å². The van der Waals surface area contributed by atoms with Crippen LogP contribution in [-0.4, -0.2) is 17.6 Å². The lowest BCUT2D eigenvalue weighted by atomic mass is 10.1. The van der Waals surface area contributed by atoms with Crippen LogP contribution in [0.2, 0.25) is 0 Å². The zero-order valence-electron chi connectivity index (χ0n) is 14.7. The van der Waals surface area contributed by atoms with Gasteiger partial charge in [0, 0.05) is 22.4 Å². The van der Waals surface area contributed by atoms with E-state index >= 15 is 0 Å². The van der Waals surface area contributed by atoms with Gasteiger partial charge in [-0.05, 0) is 30.7 Å². The number of carbonyl (C=O) groups excluding carboxylic acids is 3. The smallest absolute Gasteiger partial charge is 0.256 e. The topological polar surface area (TPSA) is 89.3 Å². The van der Waals surface area contributed by atoms with Gasteiger partial charge in [0.1, 0.15) is 5.00 Å². The van der Waals surface area contributed by atoms with Crippen molar-refractivity contribution in [1.82, 2.24) is 0 Å². The van der Waals surface area contributed by atoms with Crippen molar-refractivity contribution in [1.29, 1.82) is 0 Å². The predicted octanol–water partition coefficient (Wildman–Crippen LogP) is 3.89. The van der Waals surface area contributed by atoms with Gasteiger partial charge in [0.25, 0.3) is 11.8 Å². The summed E-state index contributed by atoms with van der Waals surface area (Å²) in [7, 11) is 0. The summed E-state index contributed by atoms with van der Waals surface area (Å²) >= 11 is 1.33. The van der Waals surface area contributed by atoms with Crippen molar-refractivity contribution in [3.8, 4) is 0 Å². The molecule has 1 aromatic heterocycles. The van der Waals surface area contributed by atoms with E-state index in [1.165, 1.54) is 18.3 Å². The molecule has 0 saturated heterocycles. The fraction of sp³-hybridized carbons (Fsp3) is 0.0952. The van der Waals surface area contributed by atoms with Crippen molar-refractivity contribution in [3.05, 3.63) is 87.8 Å². The normalized spacial score (nSPS) is 10.4. The Morgan fingerprint density at radius 1 is 0.963 bits per heavy atom. The molecule has 3 aromatic rings. The van der Waals surface area contributed by atoms with Gasteiger partial charge in [-0.1, -0.05) is 42.5 Å². The van der Waals surface area contributed by atoms with E-state index in [1.54, 1.807) is 30.3 Å². The predicted molar refractivity (Wildman–Crippen MR) is 106 cm³/mol. The molecule has 2 aromatic carbocycles. The Labute approximate surface area is 160 Å². The lowest BCUT2D eigenvalue weighted by Gasteiger charge is -2.05. The van der Waals surface area contributed by atoms with Crippen LogP contribution in [0.1, 0.15) is 48.4 Å². The molecule has 0 unspecified atom stereocenters. The van der Waals surface area contributed by atoms with Crippen LogP contribution in [0.25, 0.3) is 0 Å². The Hall–Kier alpha value is -3.25. The molecule has 0 bridgehead atoms. The number of carbonyl (C=O) groups is 3. The molecule has 6 heteroatoms. The molecule has 0 aliphatic heterocycles. The molecule has 0 aliphatic carbocycles. The second-order valence-electron chi connectivity index (χ2n) is 6.07. The minimum Gasteiger partial charge on any atom is -0.366 e. The number of hydrogen-bond donors (Lipinski definition) is 2. The second kappa shape index (κ2) is 7.97. The average molecular weight is 378 g/mol. The number of primary amides is 1. The first kappa shape index (κ1) is 18.5. The van der Waals surface area contributed by atoms with Gasteiger partial charge in [0.15, 0.2) is 5.78 Å². The van der Waals surface area contributed by atoms with Crippen LogP contribution in [0.5, 0.6) is 0 Å². The SMILES string of the molecule is CC(=O)c1ccc(C(=O)Nc2sc(Cc3ccccc3)cc2C(N)=O)cc1. The first-order valence-corrected chi connectivity index (χ1v) is 9.14. The molecule has 0 saturated carbocycles. The lowest BCUT2D eigenvalue weighted by Crippen LogP contribution is -2.16. The van der Waals surface area contributed by atoms with E-state index in [0.717, 1.165) is 10.4 Å². The quantitative estimate of drug-likeness (QED) is 0.638. The van der Waals surface area contributed by atoms with Gasteiger partial charge in [-0.15, -0.1) is 11.3 Å². The van der Waals surface area contributed by atoms with Crippen molar-refractivity contribution in [2.24, 2.45) is 5.73 Å². The van der Waals surface area contributed by atoms with E-state index < -0.39 is 5.91 Å². The summed E-state index contributed by atoms with van der Waals surface area (Å²) in [4.78, 5) is 36.5. The van der Waals surface area contributed by atoms with Crippen LogP contribution in [0, 0.1) is 0 Å². The highest BCUT2D eigenvalue weighted by Gasteiger charge is 2.17. The Kier molecular flexibility index (Phi) is 5.47.